The molecule has 1 fully saturated rings. The minimum absolute atomic E-state index is 0.0315. The molecule has 1 aliphatic heterocycles. The molecule has 172 valence electrons. The van der Waals surface area contributed by atoms with Gasteiger partial charge in [-0.1, -0.05) is 37.6 Å². The monoisotopic (exact) mass is 466 g/mol. The largest absolute Gasteiger partial charge is 0.369 e. The van der Waals surface area contributed by atoms with Crippen LogP contribution in [-0.4, -0.2) is 27.8 Å². The van der Waals surface area contributed by atoms with Crippen molar-refractivity contribution in [2.45, 2.75) is 44.6 Å². The molecule has 2 aromatic rings. The minimum Gasteiger partial charge on any atom is -0.369 e. The van der Waals surface area contributed by atoms with Crippen molar-refractivity contribution >= 4 is 46.6 Å². The van der Waals surface area contributed by atoms with Gasteiger partial charge in [0.1, 0.15) is 5.02 Å². The number of nitrogens with zero attached hydrogens (tertiary/aromatic N) is 2. The minimum atomic E-state index is -0.312. The highest BCUT2D eigenvalue weighted by Gasteiger charge is 2.47. The second-order valence-electron chi connectivity index (χ2n) is 9.75. The molecule has 8 nitrogen and oxygen atoms in total. The second-order valence-corrected chi connectivity index (χ2v) is 10.2. The number of allylic oxidation sites excluding steroid dienone is 1. The van der Waals surface area contributed by atoms with Crippen LogP contribution in [0, 0.1) is 17.8 Å². The van der Waals surface area contributed by atoms with Crippen LogP contribution in [0.25, 0.3) is 0 Å². The Morgan fingerprint density at radius 2 is 2.06 bits per heavy atom. The summed E-state index contributed by atoms with van der Waals surface area (Å²) < 4.78 is 0. The Morgan fingerprint density at radius 3 is 2.85 bits per heavy atom. The topological polar surface area (TPSA) is 122 Å². The third-order valence-corrected chi connectivity index (χ3v) is 7.37. The first-order chi connectivity index (χ1) is 15.7. The number of carbonyl (C=O) groups is 2. The number of aromatic nitrogens is 2. The second kappa shape index (κ2) is 8.02. The number of nitrogens with one attached hydrogen (secondary N) is 3. The van der Waals surface area contributed by atoms with Gasteiger partial charge in [0, 0.05) is 23.8 Å². The van der Waals surface area contributed by atoms with Gasteiger partial charge in [-0.15, -0.1) is 0 Å². The van der Waals surface area contributed by atoms with E-state index in [1.165, 1.54) is 6.20 Å². The number of hydrogen-bond donors (Lipinski definition) is 4. The van der Waals surface area contributed by atoms with Gasteiger partial charge in [-0.3, -0.25) is 9.59 Å². The van der Waals surface area contributed by atoms with Crippen molar-refractivity contribution in [1.29, 1.82) is 0 Å². The SMILES string of the molecule is CC1(C)CCC(=O)Nc2ccc(Nc3ncc(Cl)c(NC4C5C=CC(C5)C4C(N)=O)n3)cc21. The van der Waals surface area contributed by atoms with Crippen LogP contribution in [0.1, 0.15) is 38.7 Å². The summed E-state index contributed by atoms with van der Waals surface area (Å²) >= 11 is 6.38. The summed E-state index contributed by atoms with van der Waals surface area (Å²) in [4.78, 5) is 33.0. The Balaban J connectivity index is 1.39. The van der Waals surface area contributed by atoms with E-state index in [9.17, 15) is 9.59 Å². The molecule has 5 N–H and O–H groups in total. The first kappa shape index (κ1) is 21.7. The summed E-state index contributed by atoms with van der Waals surface area (Å²) in [6, 6.07) is 5.66. The maximum Gasteiger partial charge on any atom is 0.229 e. The van der Waals surface area contributed by atoms with E-state index in [-0.39, 0.29) is 41.0 Å². The number of anilines is 4. The molecule has 9 heteroatoms. The molecular formula is C24H27ClN6O2. The van der Waals surface area contributed by atoms with E-state index in [0.29, 0.717) is 23.2 Å². The lowest BCUT2D eigenvalue weighted by Crippen LogP contribution is -2.41. The number of nitrogens with two attached hydrogens (primary N) is 1. The average molecular weight is 467 g/mol. The Kier molecular flexibility index (Phi) is 5.28. The summed E-state index contributed by atoms with van der Waals surface area (Å²) in [7, 11) is 0. The van der Waals surface area contributed by atoms with Crippen LogP contribution in [-0.2, 0) is 15.0 Å². The number of carbonyl (C=O) groups excluding carboxylic acids is 2. The van der Waals surface area contributed by atoms with Crippen LogP contribution in [0.2, 0.25) is 5.02 Å². The van der Waals surface area contributed by atoms with Gasteiger partial charge in [0.2, 0.25) is 17.8 Å². The highest BCUT2D eigenvalue weighted by molar-refractivity contribution is 6.32. The molecule has 2 bridgehead atoms. The zero-order valence-electron chi connectivity index (χ0n) is 18.6. The van der Waals surface area contributed by atoms with E-state index in [2.05, 4.69) is 51.9 Å². The Morgan fingerprint density at radius 1 is 1.27 bits per heavy atom. The highest BCUT2D eigenvalue weighted by atomic mass is 35.5. The lowest BCUT2D eigenvalue weighted by Gasteiger charge is -2.27. The molecule has 2 heterocycles. The van der Waals surface area contributed by atoms with Crippen molar-refractivity contribution in [3.63, 3.8) is 0 Å². The summed E-state index contributed by atoms with van der Waals surface area (Å²) in [5.74, 6) is 0.657. The molecular weight excluding hydrogens is 440 g/mol. The van der Waals surface area contributed by atoms with Gasteiger partial charge in [-0.05, 0) is 53.9 Å². The molecule has 1 saturated carbocycles. The Bertz CT molecular complexity index is 1160. The fraction of sp³-hybridized carbons (Fsp3) is 0.417. The predicted octanol–water partition coefficient (Wildman–Crippen LogP) is 3.97. The van der Waals surface area contributed by atoms with Gasteiger partial charge in [0.15, 0.2) is 5.82 Å². The van der Waals surface area contributed by atoms with E-state index < -0.39 is 0 Å². The fourth-order valence-electron chi connectivity index (χ4n) is 5.29. The summed E-state index contributed by atoms with van der Waals surface area (Å²) in [5.41, 5.74) is 8.22. The number of rotatable bonds is 5. The van der Waals surface area contributed by atoms with Crippen LogP contribution in [0.15, 0.2) is 36.5 Å². The van der Waals surface area contributed by atoms with Crippen molar-refractivity contribution in [1.82, 2.24) is 9.97 Å². The number of amides is 2. The molecule has 1 aromatic heterocycles. The fourth-order valence-corrected chi connectivity index (χ4v) is 5.43. The normalized spacial score (nSPS) is 26.9. The highest BCUT2D eigenvalue weighted by Crippen LogP contribution is 2.45. The third kappa shape index (κ3) is 4.04. The van der Waals surface area contributed by atoms with Gasteiger partial charge in [-0.25, -0.2) is 4.98 Å². The molecule has 4 unspecified atom stereocenters. The quantitative estimate of drug-likeness (QED) is 0.494. The Labute approximate surface area is 197 Å². The lowest BCUT2D eigenvalue weighted by molar-refractivity contribution is -0.122. The number of halogens is 1. The molecule has 5 rings (SSSR count). The average Bonchev–Trinajstić information content (AvgIpc) is 3.34. The van der Waals surface area contributed by atoms with E-state index in [4.69, 9.17) is 17.3 Å². The standard InChI is InChI=1S/C24H27ClN6O2/c1-24(2)8-7-18(32)29-17-6-5-14(10-15(17)24)28-23-27-11-16(25)22(31-23)30-20-13-4-3-12(9-13)19(20)21(26)33/h3-6,10-13,19-20H,7-9H2,1-2H3,(H2,26,33)(H,29,32)(H2,27,28,30,31). The molecule has 1 aromatic carbocycles. The van der Waals surface area contributed by atoms with Crippen LogP contribution < -0.4 is 21.7 Å². The first-order valence-corrected chi connectivity index (χ1v) is 11.6. The van der Waals surface area contributed by atoms with E-state index in [0.717, 1.165) is 29.8 Å². The van der Waals surface area contributed by atoms with Crippen LogP contribution in [0.4, 0.5) is 23.1 Å². The van der Waals surface area contributed by atoms with Crippen molar-refractivity contribution in [3.05, 3.63) is 47.1 Å². The van der Waals surface area contributed by atoms with E-state index in [1.54, 1.807) is 0 Å². The van der Waals surface area contributed by atoms with Crippen molar-refractivity contribution in [2.75, 3.05) is 16.0 Å². The zero-order chi connectivity index (χ0) is 23.3. The van der Waals surface area contributed by atoms with Crippen LogP contribution in [0.3, 0.4) is 0 Å². The van der Waals surface area contributed by atoms with E-state index >= 15 is 0 Å². The van der Waals surface area contributed by atoms with Gasteiger partial charge in [0.05, 0.1) is 12.1 Å². The summed E-state index contributed by atoms with van der Waals surface area (Å²) in [5, 5.41) is 9.96. The maximum atomic E-state index is 12.0. The molecule has 0 saturated heterocycles. The molecule has 4 atom stereocenters. The predicted molar refractivity (Wildman–Crippen MR) is 128 cm³/mol. The summed E-state index contributed by atoms with van der Waals surface area (Å²) in [6.07, 6.45) is 7.90. The zero-order valence-corrected chi connectivity index (χ0v) is 19.3. The van der Waals surface area contributed by atoms with Crippen molar-refractivity contribution in [3.8, 4) is 0 Å². The number of primary amides is 1. The Hall–Kier alpha value is -3.13. The molecule has 2 aliphatic carbocycles. The maximum absolute atomic E-state index is 12.0. The number of hydrogen-bond acceptors (Lipinski definition) is 6. The van der Waals surface area contributed by atoms with Gasteiger partial charge >= 0.3 is 0 Å². The van der Waals surface area contributed by atoms with Crippen molar-refractivity contribution in [2.24, 2.45) is 23.5 Å². The van der Waals surface area contributed by atoms with E-state index in [1.807, 2.05) is 18.2 Å². The molecule has 0 radical (unpaired) electrons. The van der Waals surface area contributed by atoms with Crippen LogP contribution in [0.5, 0.6) is 0 Å². The summed E-state index contributed by atoms with van der Waals surface area (Å²) in [6.45, 7) is 4.27. The van der Waals surface area contributed by atoms with Crippen molar-refractivity contribution < 1.29 is 9.59 Å². The molecule has 0 spiro atoms. The van der Waals surface area contributed by atoms with Gasteiger partial charge in [0.25, 0.3) is 0 Å². The molecule has 2 amide bonds. The van der Waals surface area contributed by atoms with Gasteiger partial charge in [-0.2, -0.15) is 4.98 Å². The smallest absolute Gasteiger partial charge is 0.229 e. The molecule has 33 heavy (non-hydrogen) atoms. The third-order valence-electron chi connectivity index (χ3n) is 7.09. The first-order valence-electron chi connectivity index (χ1n) is 11.2. The van der Waals surface area contributed by atoms with Gasteiger partial charge < -0.3 is 21.7 Å². The lowest BCUT2D eigenvalue weighted by atomic mass is 9.80. The number of benzene rings is 1. The number of fused-ring (bicyclic) bond motifs is 3. The van der Waals surface area contributed by atoms with Crippen LogP contribution >= 0.6 is 11.6 Å². The molecule has 3 aliphatic rings.